The van der Waals surface area contributed by atoms with Gasteiger partial charge >= 0.3 is 5.97 Å². The number of rotatable bonds is 1. The molecule has 16 heavy (non-hydrogen) atoms. The van der Waals surface area contributed by atoms with Crippen molar-refractivity contribution in [3.63, 3.8) is 0 Å². The second kappa shape index (κ2) is 7.08. The minimum Gasteiger partial charge on any atom is -0.456 e. The van der Waals surface area contributed by atoms with E-state index in [4.69, 9.17) is 4.74 Å². The maximum atomic E-state index is 11.5. The monoisotopic (exact) mass is 335 g/mol. The van der Waals surface area contributed by atoms with Crippen LogP contribution in [-0.4, -0.2) is 11.6 Å². The molecule has 2 nitrogen and oxygen atoms in total. The topological polar surface area (TPSA) is 26.3 Å². The molecule has 0 aliphatic carbocycles. The van der Waals surface area contributed by atoms with Gasteiger partial charge in [-0.05, 0) is 20.8 Å². The average Bonchev–Trinajstić information content (AvgIpc) is 2.02. The van der Waals surface area contributed by atoms with Crippen LogP contribution in [0, 0.1) is 6.92 Å². The number of halogens is 1. The Labute approximate surface area is 120 Å². The first-order chi connectivity index (χ1) is 6.38. The Morgan fingerprint density at radius 2 is 1.62 bits per heavy atom. The maximum absolute atomic E-state index is 11.5. The number of carbonyl (C=O) groups excluding carboxylic acids is 1. The summed E-state index contributed by atoms with van der Waals surface area (Å²) in [6.45, 7) is 9.29. The van der Waals surface area contributed by atoms with E-state index in [0.717, 1.165) is 5.56 Å². The quantitative estimate of drug-likeness (QED) is 0.446. The van der Waals surface area contributed by atoms with Crippen molar-refractivity contribution in [3.8, 4) is 0 Å². The van der Waals surface area contributed by atoms with Crippen LogP contribution in [0.2, 0.25) is 0 Å². The SMILES string of the molecule is Br.[CH2-]c1ccc(C(=O)OC(C)(C)C)cc1.[Zn]. The predicted octanol–water partition coefficient (Wildman–Crippen LogP) is 3.40. The fraction of sp³-hybridized carbons (Fsp3) is 0.333. The van der Waals surface area contributed by atoms with Crippen LogP contribution in [-0.2, 0) is 24.2 Å². The fourth-order valence-electron chi connectivity index (χ4n) is 0.978. The summed E-state index contributed by atoms with van der Waals surface area (Å²) in [5.74, 6) is -0.294. The molecule has 0 radical (unpaired) electrons. The van der Waals surface area contributed by atoms with E-state index in [1.807, 2.05) is 20.8 Å². The Bertz CT molecular complexity index is 328. The third-order valence-electron chi connectivity index (χ3n) is 1.59. The van der Waals surface area contributed by atoms with E-state index in [2.05, 4.69) is 6.92 Å². The summed E-state index contributed by atoms with van der Waals surface area (Å²) in [5, 5.41) is 0. The summed E-state index contributed by atoms with van der Waals surface area (Å²) in [6, 6.07) is 7.02. The minimum absolute atomic E-state index is 0. The molecule has 0 aliphatic rings. The summed E-state index contributed by atoms with van der Waals surface area (Å²) >= 11 is 0. The Hall–Kier alpha value is -0.337. The van der Waals surface area contributed by atoms with Gasteiger partial charge in [-0.1, -0.05) is 0 Å². The first-order valence-corrected chi connectivity index (χ1v) is 4.54. The molecule has 86 valence electrons. The molecule has 0 aromatic heterocycles. The molecule has 0 aliphatic heterocycles. The Kier molecular flexibility index (Phi) is 7.98. The second-order valence-corrected chi connectivity index (χ2v) is 4.20. The molecular weight excluding hydrogens is 321 g/mol. The second-order valence-electron chi connectivity index (χ2n) is 4.20. The maximum Gasteiger partial charge on any atom is 0.336 e. The Morgan fingerprint density at radius 1 is 1.19 bits per heavy atom. The van der Waals surface area contributed by atoms with Crippen LogP contribution in [0.3, 0.4) is 0 Å². The molecule has 0 fully saturated rings. The van der Waals surface area contributed by atoms with Gasteiger partial charge < -0.3 is 4.74 Å². The van der Waals surface area contributed by atoms with Gasteiger partial charge in [-0.2, -0.15) is 24.6 Å². The van der Waals surface area contributed by atoms with Gasteiger partial charge in [0.2, 0.25) is 0 Å². The van der Waals surface area contributed by atoms with Crippen LogP contribution in [0.4, 0.5) is 0 Å². The van der Waals surface area contributed by atoms with Crippen LogP contribution in [0.15, 0.2) is 24.3 Å². The third kappa shape index (κ3) is 6.29. The van der Waals surface area contributed by atoms with E-state index in [1.165, 1.54) is 0 Å². The average molecular weight is 338 g/mol. The van der Waals surface area contributed by atoms with Gasteiger partial charge in [0.25, 0.3) is 0 Å². The van der Waals surface area contributed by atoms with Crippen LogP contribution >= 0.6 is 17.0 Å². The van der Waals surface area contributed by atoms with Gasteiger partial charge in [0.1, 0.15) is 5.60 Å². The third-order valence-corrected chi connectivity index (χ3v) is 1.59. The number of ether oxygens (including phenoxy) is 1. The van der Waals surface area contributed by atoms with E-state index in [9.17, 15) is 4.79 Å². The zero-order valence-electron chi connectivity index (χ0n) is 9.95. The zero-order chi connectivity index (χ0) is 10.8. The summed E-state index contributed by atoms with van der Waals surface area (Å²) in [6.07, 6.45) is 0. The van der Waals surface area contributed by atoms with Crippen LogP contribution < -0.4 is 0 Å². The first kappa shape index (κ1) is 18.0. The van der Waals surface area contributed by atoms with Gasteiger partial charge in [0, 0.05) is 25.0 Å². The summed E-state index contributed by atoms with van der Waals surface area (Å²) < 4.78 is 5.20. The molecule has 0 bridgehead atoms. The molecular formula is C12H16BrO2Zn-. The molecule has 0 unspecified atom stereocenters. The van der Waals surface area contributed by atoms with Crippen molar-refractivity contribution >= 4 is 23.0 Å². The fourth-order valence-corrected chi connectivity index (χ4v) is 0.978. The van der Waals surface area contributed by atoms with Crippen LogP contribution in [0.5, 0.6) is 0 Å². The van der Waals surface area contributed by atoms with E-state index in [0.29, 0.717) is 5.56 Å². The van der Waals surface area contributed by atoms with Gasteiger partial charge in [-0.25, -0.2) is 4.79 Å². The smallest absolute Gasteiger partial charge is 0.336 e. The van der Waals surface area contributed by atoms with Crippen molar-refractivity contribution in [2.45, 2.75) is 26.4 Å². The number of benzene rings is 1. The summed E-state index contributed by atoms with van der Waals surface area (Å²) in [7, 11) is 0. The molecule has 1 rings (SSSR count). The van der Waals surface area contributed by atoms with Gasteiger partial charge in [-0.15, -0.1) is 29.1 Å². The van der Waals surface area contributed by atoms with Crippen LogP contribution in [0.25, 0.3) is 0 Å². The van der Waals surface area contributed by atoms with Crippen molar-refractivity contribution < 1.29 is 29.0 Å². The summed E-state index contributed by atoms with van der Waals surface area (Å²) in [4.78, 5) is 11.5. The van der Waals surface area contributed by atoms with Crippen molar-refractivity contribution in [3.05, 3.63) is 42.3 Å². The van der Waals surface area contributed by atoms with E-state index in [-0.39, 0.29) is 42.4 Å². The van der Waals surface area contributed by atoms with Crippen molar-refractivity contribution in [1.82, 2.24) is 0 Å². The number of carbonyl (C=O) groups is 1. The van der Waals surface area contributed by atoms with Crippen LogP contribution in [0.1, 0.15) is 36.7 Å². The molecule has 0 saturated heterocycles. The number of hydrogen-bond acceptors (Lipinski definition) is 2. The van der Waals surface area contributed by atoms with E-state index < -0.39 is 5.60 Å². The van der Waals surface area contributed by atoms with E-state index >= 15 is 0 Å². The molecule has 0 amide bonds. The molecule has 1 aromatic carbocycles. The van der Waals surface area contributed by atoms with Crippen molar-refractivity contribution in [1.29, 1.82) is 0 Å². The molecule has 0 N–H and O–H groups in total. The van der Waals surface area contributed by atoms with Gasteiger partial charge in [0.05, 0.1) is 0 Å². The number of esters is 1. The molecule has 4 heteroatoms. The first-order valence-electron chi connectivity index (χ1n) is 4.54. The standard InChI is InChI=1S/C12H15O2.BrH.Zn/c1-9-5-7-10(8-6-9)11(13)14-12(2,3)4;;/h5-8H,1H2,2-4H3;1H;/q-1;;. The van der Waals surface area contributed by atoms with Crippen molar-refractivity contribution in [2.24, 2.45) is 0 Å². The zero-order valence-corrected chi connectivity index (χ0v) is 14.6. The molecule has 0 saturated carbocycles. The Morgan fingerprint density at radius 3 is 2.00 bits per heavy atom. The normalized spacial score (nSPS) is 9.69. The summed E-state index contributed by atoms with van der Waals surface area (Å²) in [5.41, 5.74) is 1.00. The minimum atomic E-state index is -0.444. The number of hydrogen-bond donors (Lipinski definition) is 0. The van der Waals surface area contributed by atoms with Gasteiger partial charge in [0.15, 0.2) is 0 Å². The van der Waals surface area contributed by atoms with Gasteiger partial charge in [-0.3, -0.25) is 0 Å². The largest absolute Gasteiger partial charge is 0.456 e. The predicted molar refractivity (Wildman–Crippen MR) is 66.4 cm³/mol. The molecule has 0 heterocycles. The Balaban J connectivity index is 0. The van der Waals surface area contributed by atoms with Crippen molar-refractivity contribution in [2.75, 3.05) is 0 Å². The molecule has 0 spiro atoms. The molecule has 0 atom stereocenters. The van der Waals surface area contributed by atoms with E-state index in [1.54, 1.807) is 24.3 Å². The molecule has 1 aromatic rings.